The van der Waals surface area contributed by atoms with Crippen molar-refractivity contribution >= 4 is 11.8 Å². The molecule has 3 rings (SSSR count). The summed E-state index contributed by atoms with van der Waals surface area (Å²) in [6.45, 7) is 5.00. The van der Waals surface area contributed by atoms with Gasteiger partial charge >= 0.3 is 0 Å². The fraction of sp³-hybridized carbons (Fsp3) is 0.286. The van der Waals surface area contributed by atoms with Crippen molar-refractivity contribution in [3.63, 3.8) is 0 Å². The predicted molar refractivity (Wildman–Crippen MR) is 64.8 cm³/mol. The molecule has 84 valence electrons. The second-order valence-corrected chi connectivity index (χ2v) is 4.32. The Balaban J connectivity index is 2.36. The number of hydrogen-bond donors (Lipinski definition) is 1. The number of hydrogen-bond acceptors (Lipinski definition) is 1. The average molecular weight is 213 g/mol. The van der Waals surface area contributed by atoms with E-state index in [0.29, 0.717) is 5.92 Å². The topological polar surface area (TPSA) is 25.0 Å². The van der Waals surface area contributed by atoms with E-state index in [4.69, 9.17) is 4.74 Å². The van der Waals surface area contributed by atoms with Crippen molar-refractivity contribution in [1.29, 1.82) is 0 Å². The Morgan fingerprint density at radius 2 is 2.44 bits per heavy atom. The molecule has 1 atom stereocenters. The summed E-state index contributed by atoms with van der Waals surface area (Å²) in [5.41, 5.74) is 2.72. The lowest BCUT2D eigenvalue weighted by Crippen LogP contribution is -2.25. The third-order valence-electron chi connectivity index (χ3n) is 3.24. The van der Waals surface area contributed by atoms with Crippen LogP contribution in [0.2, 0.25) is 0 Å². The maximum absolute atomic E-state index is 5.73. The molecule has 1 aliphatic heterocycles. The highest BCUT2D eigenvalue weighted by Crippen LogP contribution is 2.23. The normalized spacial score (nSPS) is 21.4. The maximum atomic E-state index is 5.73. The number of ether oxygens (including phenoxy) is 1. The van der Waals surface area contributed by atoms with Gasteiger partial charge in [-0.3, -0.25) is 0 Å². The molecule has 1 aromatic heterocycles. The maximum Gasteiger partial charge on any atom is 0.0810 e. The van der Waals surface area contributed by atoms with E-state index >= 15 is 0 Å². The van der Waals surface area contributed by atoms with E-state index in [1.165, 1.54) is 16.5 Å². The summed E-state index contributed by atoms with van der Waals surface area (Å²) in [6.07, 6.45) is 10.5. The van der Waals surface area contributed by atoms with E-state index in [0.717, 1.165) is 17.7 Å². The summed E-state index contributed by atoms with van der Waals surface area (Å²) in [5, 5.41) is 2.35. The first-order chi connectivity index (χ1) is 7.81. The first kappa shape index (κ1) is 9.52. The minimum Gasteiger partial charge on any atom is -0.530 e. The van der Waals surface area contributed by atoms with Crippen molar-refractivity contribution in [2.75, 3.05) is 6.61 Å². The van der Waals surface area contributed by atoms with Crippen molar-refractivity contribution in [2.45, 2.75) is 19.8 Å². The summed E-state index contributed by atoms with van der Waals surface area (Å²) in [5.74, 6) is 1.43. The van der Waals surface area contributed by atoms with Gasteiger partial charge < -0.3 is 9.72 Å². The van der Waals surface area contributed by atoms with Gasteiger partial charge in [-0.15, -0.1) is 42.5 Å². The molecule has 0 amide bonds. The van der Waals surface area contributed by atoms with Crippen molar-refractivity contribution in [3.05, 3.63) is 46.8 Å². The minimum absolute atomic E-state index is 0.454. The van der Waals surface area contributed by atoms with E-state index in [1.807, 2.05) is 13.3 Å². The minimum atomic E-state index is 0.454. The van der Waals surface area contributed by atoms with E-state index in [9.17, 15) is 0 Å². The lowest BCUT2D eigenvalue weighted by Gasteiger charge is -2.30. The SMILES string of the molecule is C[CH-]C1=c2[nH]c3c(c2C(C)CO1)[CH-]C=CC=3. The number of allylic oxidation sites excluding steroid dienone is 2. The molecule has 1 aromatic rings. The Labute approximate surface area is 95.3 Å². The fourth-order valence-corrected chi connectivity index (χ4v) is 2.47. The second kappa shape index (κ2) is 3.41. The largest absolute Gasteiger partial charge is 0.530 e. The van der Waals surface area contributed by atoms with Crippen molar-refractivity contribution in [3.8, 4) is 0 Å². The van der Waals surface area contributed by atoms with Gasteiger partial charge in [-0.05, 0) is 11.7 Å². The number of aromatic nitrogens is 1. The Morgan fingerprint density at radius 3 is 3.25 bits per heavy atom. The quantitative estimate of drug-likeness (QED) is 0.700. The molecule has 0 spiro atoms. The summed E-state index contributed by atoms with van der Waals surface area (Å²) in [6, 6.07) is 0. The molecule has 2 aliphatic rings. The van der Waals surface area contributed by atoms with Gasteiger partial charge in [0.25, 0.3) is 0 Å². The van der Waals surface area contributed by atoms with Crippen molar-refractivity contribution in [2.24, 2.45) is 0 Å². The van der Waals surface area contributed by atoms with Gasteiger partial charge in [0.05, 0.1) is 6.61 Å². The van der Waals surface area contributed by atoms with Crippen molar-refractivity contribution < 1.29 is 4.74 Å². The number of rotatable bonds is 1. The zero-order valence-electron chi connectivity index (χ0n) is 9.58. The lowest BCUT2D eigenvalue weighted by molar-refractivity contribution is 0.242. The molecule has 1 aliphatic carbocycles. The van der Waals surface area contributed by atoms with Gasteiger partial charge in [-0.25, -0.2) is 0 Å². The van der Waals surface area contributed by atoms with Gasteiger partial charge in [-0.2, -0.15) is 12.0 Å². The third-order valence-corrected chi connectivity index (χ3v) is 3.24. The molecular formula is C14H15NO-2. The van der Waals surface area contributed by atoms with Crippen LogP contribution < -0.4 is 10.7 Å². The molecule has 16 heavy (non-hydrogen) atoms. The van der Waals surface area contributed by atoms with Crippen LogP contribution in [0.15, 0.2) is 12.2 Å². The highest BCUT2D eigenvalue weighted by Gasteiger charge is 2.12. The Hall–Kier alpha value is -1.70. The van der Waals surface area contributed by atoms with E-state index in [2.05, 4.69) is 36.6 Å². The molecule has 0 aromatic carbocycles. The van der Waals surface area contributed by atoms with Crippen LogP contribution in [0.25, 0.3) is 11.8 Å². The van der Waals surface area contributed by atoms with Crippen LogP contribution in [0.4, 0.5) is 0 Å². The predicted octanol–water partition coefficient (Wildman–Crippen LogP) is 1.38. The number of nitrogens with one attached hydrogen (secondary N) is 1. The molecule has 0 bridgehead atoms. The van der Waals surface area contributed by atoms with Crippen LogP contribution in [-0.4, -0.2) is 11.6 Å². The monoisotopic (exact) mass is 213 g/mol. The highest BCUT2D eigenvalue weighted by atomic mass is 16.5. The molecule has 0 saturated heterocycles. The first-order valence-corrected chi connectivity index (χ1v) is 5.71. The summed E-state index contributed by atoms with van der Waals surface area (Å²) < 4.78 is 5.73. The van der Waals surface area contributed by atoms with E-state index < -0.39 is 0 Å². The van der Waals surface area contributed by atoms with Gasteiger partial charge in [-0.1, -0.05) is 12.3 Å². The molecule has 0 fully saturated rings. The van der Waals surface area contributed by atoms with Crippen LogP contribution in [0.3, 0.4) is 0 Å². The first-order valence-electron chi connectivity index (χ1n) is 5.71. The third kappa shape index (κ3) is 1.19. The zero-order valence-corrected chi connectivity index (χ0v) is 9.58. The Bertz CT molecular complexity index is 562. The average Bonchev–Trinajstić information content (AvgIpc) is 2.69. The highest BCUT2D eigenvalue weighted by molar-refractivity contribution is 5.56. The molecule has 1 unspecified atom stereocenters. The van der Waals surface area contributed by atoms with Crippen LogP contribution in [-0.2, 0) is 4.74 Å². The van der Waals surface area contributed by atoms with Crippen molar-refractivity contribution in [1.82, 2.24) is 4.98 Å². The second-order valence-electron chi connectivity index (χ2n) is 4.32. The number of H-pyrrole nitrogens is 1. The van der Waals surface area contributed by atoms with Gasteiger partial charge in [0.15, 0.2) is 0 Å². The van der Waals surface area contributed by atoms with Crippen LogP contribution >= 0.6 is 0 Å². The summed E-state index contributed by atoms with van der Waals surface area (Å²) in [7, 11) is 0. The van der Waals surface area contributed by atoms with Crippen LogP contribution in [0, 0.1) is 12.8 Å². The van der Waals surface area contributed by atoms with Gasteiger partial charge in [0.1, 0.15) is 0 Å². The zero-order chi connectivity index (χ0) is 11.1. The standard InChI is InChI=1S/C14H15NO/c1-3-12-14-13(9(2)8-16-12)10-6-4-5-7-11(10)15-14/h3-7,9,15H,8H2,1-2H3/q-2. The number of fused-ring (bicyclic) bond motifs is 3. The Morgan fingerprint density at radius 1 is 1.56 bits per heavy atom. The smallest absolute Gasteiger partial charge is 0.0810 e. The summed E-state index contributed by atoms with van der Waals surface area (Å²) in [4.78, 5) is 3.45. The van der Waals surface area contributed by atoms with Crippen LogP contribution in [0.5, 0.6) is 0 Å². The molecule has 0 radical (unpaired) electrons. The van der Waals surface area contributed by atoms with E-state index in [1.54, 1.807) is 0 Å². The lowest BCUT2D eigenvalue weighted by atomic mass is 9.94. The van der Waals surface area contributed by atoms with Crippen LogP contribution in [0.1, 0.15) is 30.9 Å². The molecular weight excluding hydrogens is 198 g/mol. The summed E-state index contributed by atoms with van der Waals surface area (Å²) >= 11 is 0. The molecule has 2 heteroatoms. The fourth-order valence-electron chi connectivity index (χ4n) is 2.47. The van der Waals surface area contributed by atoms with Gasteiger partial charge in [0.2, 0.25) is 0 Å². The van der Waals surface area contributed by atoms with E-state index in [-0.39, 0.29) is 0 Å². The Kier molecular flexibility index (Phi) is 2.03. The molecule has 1 N–H and O–H groups in total. The van der Waals surface area contributed by atoms with Gasteiger partial charge in [0, 0.05) is 0 Å². The number of aromatic amines is 1. The molecule has 0 saturated carbocycles. The molecule has 2 heterocycles. The molecule has 2 nitrogen and oxygen atoms in total.